The van der Waals surface area contributed by atoms with E-state index in [2.05, 4.69) is 21.8 Å². The Kier molecular flexibility index (Phi) is 3.59. The number of fused-ring (bicyclic) bond motifs is 2. The van der Waals surface area contributed by atoms with Crippen molar-refractivity contribution in [3.63, 3.8) is 0 Å². The Hall–Kier alpha value is -0.960. The predicted molar refractivity (Wildman–Crippen MR) is 72.4 cm³/mol. The summed E-state index contributed by atoms with van der Waals surface area (Å²) in [5.74, 6) is 0. The Labute approximate surface area is 110 Å². The SMILES string of the molecule is CCc1ncnc2c1CCC1CCCCCN1C2. The number of hydrogen-bond acceptors (Lipinski definition) is 3. The van der Waals surface area contributed by atoms with Crippen LogP contribution in [0.5, 0.6) is 0 Å². The molecule has 1 fully saturated rings. The molecule has 0 saturated carbocycles. The topological polar surface area (TPSA) is 29.0 Å². The van der Waals surface area contributed by atoms with Gasteiger partial charge in [-0.2, -0.15) is 0 Å². The number of aromatic nitrogens is 2. The molecule has 2 aliphatic heterocycles. The highest BCUT2D eigenvalue weighted by Crippen LogP contribution is 2.28. The van der Waals surface area contributed by atoms with E-state index < -0.39 is 0 Å². The molecule has 0 amide bonds. The van der Waals surface area contributed by atoms with E-state index in [1.165, 1.54) is 62.0 Å². The summed E-state index contributed by atoms with van der Waals surface area (Å²) >= 11 is 0. The van der Waals surface area contributed by atoms with Crippen LogP contribution in [0.25, 0.3) is 0 Å². The van der Waals surface area contributed by atoms with Gasteiger partial charge in [-0.1, -0.05) is 19.8 Å². The lowest BCUT2D eigenvalue weighted by molar-refractivity contribution is 0.187. The van der Waals surface area contributed by atoms with Crippen LogP contribution in [0.1, 0.15) is 56.0 Å². The fourth-order valence-electron chi connectivity index (χ4n) is 3.50. The third-order valence-electron chi connectivity index (χ3n) is 4.54. The molecule has 3 rings (SSSR count). The molecule has 3 heteroatoms. The lowest BCUT2D eigenvalue weighted by Gasteiger charge is -2.27. The molecule has 18 heavy (non-hydrogen) atoms. The number of nitrogens with zero attached hydrogens (tertiary/aromatic N) is 3. The van der Waals surface area contributed by atoms with Crippen molar-refractivity contribution in [1.29, 1.82) is 0 Å². The van der Waals surface area contributed by atoms with E-state index in [-0.39, 0.29) is 0 Å². The van der Waals surface area contributed by atoms with Crippen molar-refractivity contribution >= 4 is 0 Å². The first-order valence-electron chi connectivity index (χ1n) is 7.44. The van der Waals surface area contributed by atoms with Crippen molar-refractivity contribution < 1.29 is 0 Å². The summed E-state index contributed by atoms with van der Waals surface area (Å²) in [6, 6.07) is 0.784. The lowest BCUT2D eigenvalue weighted by Crippen LogP contribution is -2.33. The van der Waals surface area contributed by atoms with Crippen LogP contribution in [0.4, 0.5) is 0 Å². The van der Waals surface area contributed by atoms with Gasteiger partial charge in [-0.25, -0.2) is 9.97 Å². The summed E-state index contributed by atoms with van der Waals surface area (Å²) in [6.45, 7) is 4.51. The minimum absolute atomic E-state index is 0.784. The molecule has 0 aliphatic carbocycles. The van der Waals surface area contributed by atoms with Gasteiger partial charge in [0.2, 0.25) is 0 Å². The second kappa shape index (κ2) is 5.35. The average Bonchev–Trinajstić information content (AvgIpc) is 2.70. The first-order chi connectivity index (χ1) is 8.88. The standard InChI is InChI=1S/C15H23N3/c1-2-14-13-8-7-12-6-4-3-5-9-18(12)10-15(13)17-11-16-14/h11-12H,2-10H2,1H3. The van der Waals surface area contributed by atoms with Gasteiger partial charge in [0, 0.05) is 18.3 Å². The average molecular weight is 245 g/mol. The summed E-state index contributed by atoms with van der Waals surface area (Å²) in [4.78, 5) is 11.7. The molecule has 1 atom stereocenters. The van der Waals surface area contributed by atoms with Crippen molar-refractivity contribution in [3.05, 3.63) is 23.3 Å². The smallest absolute Gasteiger partial charge is 0.116 e. The van der Waals surface area contributed by atoms with E-state index in [0.29, 0.717) is 0 Å². The molecule has 1 aromatic heterocycles. The molecule has 1 aromatic rings. The molecule has 0 radical (unpaired) electrons. The second-order valence-electron chi connectivity index (χ2n) is 5.61. The first-order valence-corrected chi connectivity index (χ1v) is 7.44. The second-order valence-corrected chi connectivity index (χ2v) is 5.61. The maximum absolute atomic E-state index is 4.56. The van der Waals surface area contributed by atoms with Gasteiger partial charge in [0.1, 0.15) is 6.33 Å². The van der Waals surface area contributed by atoms with Gasteiger partial charge in [0.25, 0.3) is 0 Å². The van der Waals surface area contributed by atoms with Gasteiger partial charge >= 0.3 is 0 Å². The molecule has 0 N–H and O–H groups in total. The van der Waals surface area contributed by atoms with Gasteiger partial charge in [-0.05, 0) is 44.2 Å². The summed E-state index contributed by atoms with van der Waals surface area (Å²) in [5.41, 5.74) is 4.02. The highest BCUT2D eigenvalue weighted by atomic mass is 15.2. The Morgan fingerprint density at radius 2 is 2.17 bits per heavy atom. The summed E-state index contributed by atoms with van der Waals surface area (Å²) < 4.78 is 0. The summed E-state index contributed by atoms with van der Waals surface area (Å²) in [7, 11) is 0. The maximum Gasteiger partial charge on any atom is 0.116 e. The van der Waals surface area contributed by atoms with E-state index >= 15 is 0 Å². The summed E-state index contributed by atoms with van der Waals surface area (Å²) in [5, 5.41) is 0. The van der Waals surface area contributed by atoms with Crippen LogP contribution in [0.2, 0.25) is 0 Å². The van der Waals surface area contributed by atoms with Crippen LogP contribution in [-0.2, 0) is 19.4 Å². The predicted octanol–water partition coefficient (Wildman–Crippen LogP) is 2.73. The first kappa shape index (κ1) is 12.1. The lowest BCUT2D eigenvalue weighted by atomic mass is 10.0. The Morgan fingerprint density at radius 1 is 1.22 bits per heavy atom. The van der Waals surface area contributed by atoms with Crippen LogP contribution in [-0.4, -0.2) is 27.5 Å². The van der Waals surface area contributed by atoms with Crippen molar-refractivity contribution in [2.24, 2.45) is 0 Å². The molecule has 1 unspecified atom stereocenters. The highest BCUT2D eigenvalue weighted by Gasteiger charge is 2.26. The van der Waals surface area contributed by atoms with Crippen molar-refractivity contribution in [3.8, 4) is 0 Å². The van der Waals surface area contributed by atoms with Crippen molar-refractivity contribution in [2.45, 2.75) is 64.5 Å². The third kappa shape index (κ3) is 2.28. The highest BCUT2D eigenvalue weighted by molar-refractivity contribution is 5.26. The normalized spacial score (nSPS) is 24.8. The van der Waals surface area contributed by atoms with Gasteiger partial charge in [-0.15, -0.1) is 0 Å². The Morgan fingerprint density at radius 3 is 3.06 bits per heavy atom. The van der Waals surface area contributed by atoms with E-state index in [4.69, 9.17) is 0 Å². The fraction of sp³-hybridized carbons (Fsp3) is 0.733. The van der Waals surface area contributed by atoms with Crippen molar-refractivity contribution in [1.82, 2.24) is 14.9 Å². The number of rotatable bonds is 1. The van der Waals surface area contributed by atoms with Crippen LogP contribution in [0.3, 0.4) is 0 Å². The zero-order valence-corrected chi connectivity index (χ0v) is 11.4. The molecule has 0 aromatic carbocycles. The largest absolute Gasteiger partial charge is 0.295 e. The Balaban J connectivity index is 1.90. The van der Waals surface area contributed by atoms with Crippen LogP contribution >= 0.6 is 0 Å². The van der Waals surface area contributed by atoms with Crippen molar-refractivity contribution in [2.75, 3.05) is 6.54 Å². The van der Waals surface area contributed by atoms with Gasteiger partial charge in [0.15, 0.2) is 0 Å². The molecule has 98 valence electrons. The monoisotopic (exact) mass is 245 g/mol. The minimum atomic E-state index is 0.784. The zero-order valence-electron chi connectivity index (χ0n) is 11.4. The van der Waals surface area contributed by atoms with Crippen LogP contribution in [0, 0.1) is 0 Å². The molecular weight excluding hydrogens is 222 g/mol. The molecule has 0 bridgehead atoms. The third-order valence-corrected chi connectivity index (χ3v) is 4.54. The van der Waals surface area contributed by atoms with E-state index in [1.54, 1.807) is 6.33 Å². The molecule has 1 saturated heterocycles. The minimum Gasteiger partial charge on any atom is -0.295 e. The maximum atomic E-state index is 4.56. The van der Waals surface area contributed by atoms with Crippen LogP contribution in [0.15, 0.2) is 6.33 Å². The molecule has 2 aliphatic rings. The van der Waals surface area contributed by atoms with Gasteiger partial charge < -0.3 is 0 Å². The molecule has 3 nitrogen and oxygen atoms in total. The molecule has 3 heterocycles. The van der Waals surface area contributed by atoms with Gasteiger partial charge in [0.05, 0.1) is 5.69 Å². The van der Waals surface area contributed by atoms with E-state index in [1.807, 2.05) is 0 Å². The zero-order chi connectivity index (χ0) is 12.4. The van der Waals surface area contributed by atoms with Gasteiger partial charge in [-0.3, -0.25) is 4.90 Å². The Bertz CT molecular complexity index is 416. The number of aryl methyl sites for hydroxylation is 1. The quantitative estimate of drug-likeness (QED) is 0.762. The van der Waals surface area contributed by atoms with E-state index in [9.17, 15) is 0 Å². The summed E-state index contributed by atoms with van der Waals surface area (Å²) in [6.07, 6.45) is 10.8. The van der Waals surface area contributed by atoms with Crippen LogP contribution < -0.4 is 0 Å². The van der Waals surface area contributed by atoms with E-state index in [0.717, 1.165) is 19.0 Å². The number of hydrogen-bond donors (Lipinski definition) is 0. The fourth-order valence-corrected chi connectivity index (χ4v) is 3.50. The molecular formula is C15H23N3. The molecule has 0 spiro atoms.